The number of carbonyl (C=O) groups excluding carboxylic acids is 3. The standard InChI is InChI=1S/C24H23N3O4/c1-2-13-31-20-11-8-17(9-12-20)23(29)26-25-21-15-22(28)27(24(21)30)19-10-7-16-5-3-4-6-18(16)14-19/h3-12,14,21,25H,2,13,15H2,1H3,(H,26,29)/t21-/m1/s1. The smallest absolute Gasteiger partial charge is 0.265 e. The van der Waals surface area contributed by atoms with Crippen LogP contribution in [0.1, 0.15) is 30.1 Å². The van der Waals surface area contributed by atoms with Crippen molar-refractivity contribution in [3.63, 3.8) is 0 Å². The van der Waals surface area contributed by atoms with E-state index in [1.165, 1.54) is 0 Å². The summed E-state index contributed by atoms with van der Waals surface area (Å²) in [6.45, 7) is 2.63. The Bertz CT molecular complexity index is 1130. The first kappa shape index (κ1) is 20.6. The van der Waals surface area contributed by atoms with Crippen molar-refractivity contribution in [3.8, 4) is 5.75 Å². The zero-order valence-corrected chi connectivity index (χ0v) is 17.1. The summed E-state index contributed by atoms with van der Waals surface area (Å²) in [5.41, 5.74) is 6.17. The monoisotopic (exact) mass is 417 g/mol. The minimum Gasteiger partial charge on any atom is -0.494 e. The molecule has 158 valence electrons. The molecule has 1 fully saturated rings. The summed E-state index contributed by atoms with van der Waals surface area (Å²) in [7, 11) is 0. The van der Waals surface area contributed by atoms with Crippen molar-refractivity contribution in [1.82, 2.24) is 10.9 Å². The maximum atomic E-state index is 12.8. The number of nitrogens with zero attached hydrogens (tertiary/aromatic N) is 1. The third-order valence-corrected chi connectivity index (χ3v) is 5.09. The van der Waals surface area contributed by atoms with Gasteiger partial charge < -0.3 is 4.74 Å². The number of imide groups is 1. The van der Waals surface area contributed by atoms with Crippen molar-refractivity contribution in [2.75, 3.05) is 11.5 Å². The number of carbonyl (C=O) groups is 3. The summed E-state index contributed by atoms with van der Waals surface area (Å²) in [5, 5.41) is 1.97. The van der Waals surface area contributed by atoms with E-state index in [4.69, 9.17) is 4.74 Å². The lowest BCUT2D eigenvalue weighted by molar-refractivity contribution is -0.121. The molecule has 3 amide bonds. The fourth-order valence-corrected chi connectivity index (χ4v) is 3.48. The Morgan fingerprint density at radius 3 is 2.52 bits per heavy atom. The van der Waals surface area contributed by atoms with Gasteiger partial charge in [-0.05, 0) is 53.6 Å². The van der Waals surface area contributed by atoms with E-state index in [0.717, 1.165) is 22.1 Å². The van der Waals surface area contributed by atoms with Crippen molar-refractivity contribution < 1.29 is 19.1 Å². The molecule has 0 spiro atoms. The van der Waals surface area contributed by atoms with E-state index in [1.807, 2.05) is 43.3 Å². The zero-order chi connectivity index (χ0) is 21.8. The van der Waals surface area contributed by atoms with Gasteiger partial charge in [-0.3, -0.25) is 19.8 Å². The van der Waals surface area contributed by atoms with Crippen LogP contribution in [0.5, 0.6) is 5.75 Å². The summed E-state index contributed by atoms with van der Waals surface area (Å²) in [6, 6.07) is 19.1. The van der Waals surface area contributed by atoms with Crippen LogP contribution >= 0.6 is 0 Å². The molecule has 1 atom stereocenters. The summed E-state index contributed by atoms with van der Waals surface area (Å²) < 4.78 is 5.50. The number of rotatable bonds is 7. The van der Waals surface area contributed by atoms with E-state index in [0.29, 0.717) is 23.6 Å². The van der Waals surface area contributed by atoms with Gasteiger partial charge in [-0.25, -0.2) is 10.3 Å². The summed E-state index contributed by atoms with van der Waals surface area (Å²) >= 11 is 0. The Morgan fingerprint density at radius 1 is 1.03 bits per heavy atom. The molecule has 1 saturated heterocycles. The van der Waals surface area contributed by atoms with Gasteiger partial charge in [0.15, 0.2) is 0 Å². The average molecular weight is 417 g/mol. The van der Waals surface area contributed by atoms with Crippen LogP contribution in [-0.4, -0.2) is 30.4 Å². The number of hydrazine groups is 1. The summed E-state index contributed by atoms with van der Waals surface area (Å²) in [4.78, 5) is 38.9. The molecule has 31 heavy (non-hydrogen) atoms. The van der Waals surface area contributed by atoms with Gasteiger partial charge in [-0.2, -0.15) is 0 Å². The van der Waals surface area contributed by atoms with Gasteiger partial charge in [0.1, 0.15) is 11.8 Å². The van der Waals surface area contributed by atoms with Crippen LogP contribution < -0.4 is 20.5 Å². The second kappa shape index (κ2) is 8.97. The third kappa shape index (κ3) is 4.41. The van der Waals surface area contributed by atoms with Crippen LogP contribution in [0.2, 0.25) is 0 Å². The molecule has 1 heterocycles. The van der Waals surface area contributed by atoms with Gasteiger partial charge in [-0.1, -0.05) is 37.3 Å². The van der Waals surface area contributed by atoms with Crippen LogP contribution in [0.25, 0.3) is 10.8 Å². The van der Waals surface area contributed by atoms with Gasteiger partial charge in [0.05, 0.1) is 18.7 Å². The number of benzene rings is 3. The van der Waals surface area contributed by atoms with E-state index in [9.17, 15) is 14.4 Å². The molecule has 0 saturated carbocycles. The molecule has 0 bridgehead atoms. The van der Waals surface area contributed by atoms with E-state index >= 15 is 0 Å². The minimum absolute atomic E-state index is 0.0320. The molecule has 3 aromatic carbocycles. The zero-order valence-electron chi connectivity index (χ0n) is 17.1. The number of ether oxygens (including phenoxy) is 1. The molecule has 7 heteroatoms. The number of hydrogen-bond acceptors (Lipinski definition) is 5. The molecular formula is C24H23N3O4. The molecule has 1 aliphatic heterocycles. The molecule has 7 nitrogen and oxygen atoms in total. The minimum atomic E-state index is -0.824. The predicted molar refractivity (Wildman–Crippen MR) is 118 cm³/mol. The van der Waals surface area contributed by atoms with E-state index in [1.54, 1.807) is 30.3 Å². The molecule has 3 aromatic rings. The molecular weight excluding hydrogens is 394 g/mol. The van der Waals surface area contributed by atoms with Crippen LogP contribution in [0.4, 0.5) is 5.69 Å². The normalized spacial score (nSPS) is 16.0. The quantitative estimate of drug-likeness (QED) is 0.455. The number of hydrogen-bond donors (Lipinski definition) is 2. The molecule has 0 radical (unpaired) electrons. The van der Waals surface area contributed by atoms with Gasteiger partial charge in [0.2, 0.25) is 5.91 Å². The maximum absolute atomic E-state index is 12.8. The Hall–Kier alpha value is -3.71. The largest absolute Gasteiger partial charge is 0.494 e. The lowest BCUT2D eigenvalue weighted by Gasteiger charge is -2.16. The summed E-state index contributed by atoms with van der Waals surface area (Å²) in [5.74, 6) is -0.422. The fraction of sp³-hybridized carbons (Fsp3) is 0.208. The van der Waals surface area contributed by atoms with Gasteiger partial charge in [-0.15, -0.1) is 0 Å². The topological polar surface area (TPSA) is 87.7 Å². The first-order valence-corrected chi connectivity index (χ1v) is 10.2. The Kier molecular flexibility index (Phi) is 5.95. The molecule has 4 rings (SSSR count). The van der Waals surface area contributed by atoms with Gasteiger partial charge >= 0.3 is 0 Å². The van der Waals surface area contributed by atoms with Crippen LogP contribution in [0.15, 0.2) is 66.7 Å². The lowest BCUT2D eigenvalue weighted by atomic mass is 10.1. The first-order chi connectivity index (χ1) is 15.1. The van der Waals surface area contributed by atoms with E-state index in [2.05, 4.69) is 10.9 Å². The van der Waals surface area contributed by atoms with E-state index < -0.39 is 17.9 Å². The maximum Gasteiger partial charge on any atom is 0.265 e. The Morgan fingerprint density at radius 2 is 1.77 bits per heavy atom. The van der Waals surface area contributed by atoms with Gasteiger partial charge in [0, 0.05) is 5.56 Å². The van der Waals surface area contributed by atoms with Crippen molar-refractivity contribution in [3.05, 3.63) is 72.3 Å². The van der Waals surface area contributed by atoms with Crippen molar-refractivity contribution >= 4 is 34.2 Å². The second-order valence-electron chi connectivity index (χ2n) is 7.33. The second-order valence-corrected chi connectivity index (χ2v) is 7.33. The highest BCUT2D eigenvalue weighted by Gasteiger charge is 2.39. The molecule has 0 aliphatic carbocycles. The highest BCUT2D eigenvalue weighted by Crippen LogP contribution is 2.26. The summed E-state index contributed by atoms with van der Waals surface area (Å²) in [6.07, 6.45) is 0.867. The number of anilines is 1. The van der Waals surface area contributed by atoms with E-state index in [-0.39, 0.29) is 12.3 Å². The van der Waals surface area contributed by atoms with Gasteiger partial charge in [0.25, 0.3) is 11.8 Å². The average Bonchev–Trinajstić information content (AvgIpc) is 3.09. The first-order valence-electron chi connectivity index (χ1n) is 10.2. The molecule has 1 aliphatic rings. The predicted octanol–water partition coefficient (Wildman–Crippen LogP) is 3.20. The SMILES string of the molecule is CCCOc1ccc(C(=O)NN[C@@H]2CC(=O)N(c3ccc4ccccc4c3)C2=O)cc1. The number of amides is 3. The fourth-order valence-electron chi connectivity index (χ4n) is 3.48. The van der Waals surface area contributed by atoms with Crippen LogP contribution in [0, 0.1) is 0 Å². The highest BCUT2D eigenvalue weighted by atomic mass is 16.5. The number of nitrogens with one attached hydrogen (secondary N) is 2. The van der Waals surface area contributed by atoms with Crippen LogP contribution in [0.3, 0.4) is 0 Å². The van der Waals surface area contributed by atoms with Crippen molar-refractivity contribution in [1.29, 1.82) is 0 Å². The molecule has 0 unspecified atom stereocenters. The lowest BCUT2D eigenvalue weighted by Crippen LogP contribution is -2.48. The van der Waals surface area contributed by atoms with Crippen molar-refractivity contribution in [2.45, 2.75) is 25.8 Å². The molecule has 2 N–H and O–H groups in total. The Balaban J connectivity index is 1.40. The molecule has 0 aromatic heterocycles. The third-order valence-electron chi connectivity index (χ3n) is 5.09. The Labute approximate surface area is 180 Å². The van der Waals surface area contributed by atoms with Crippen LogP contribution in [-0.2, 0) is 9.59 Å². The number of fused-ring (bicyclic) bond motifs is 1. The highest BCUT2D eigenvalue weighted by molar-refractivity contribution is 6.22. The van der Waals surface area contributed by atoms with Crippen molar-refractivity contribution in [2.24, 2.45) is 0 Å².